The van der Waals surface area contributed by atoms with Crippen LogP contribution in [-0.4, -0.2) is 32.2 Å². The van der Waals surface area contributed by atoms with Gasteiger partial charge < -0.3 is 11.1 Å². The Morgan fingerprint density at radius 1 is 1.48 bits per heavy atom. The van der Waals surface area contributed by atoms with Crippen molar-refractivity contribution in [3.05, 3.63) is 30.1 Å². The van der Waals surface area contributed by atoms with Gasteiger partial charge in [0.25, 0.3) is 0 Å². The molecule has 0 saturated heterocycles. The van der Waals surface area contributed by atoms with E-state index in [1.165, 1.54) is 11.0 Å². The van der Waals surface area contributed by atoms with Crippen LogP contribution in [-0.2, 0) is 4.79 Å². The highest BCUT2D eigenvalue weighted by Crippen LogP contribution is 2.19. The van der Waals surface area contributed by atoms with E-state index in [1.54, 1.807) is 0 Å². The summed E-state index contributed by atoms with van der Waals surface area (Å²) in [5, 5.41) is 13.9. The van der Waals surface area contributed by atoms with Crippen LogP contribution in [0.1, 0.15) is 31.7 Å². The molecule has 0 bridgehead atoms. The predicted octanol–water partition coefficient (Wildman–Crippen LogP) is 1.43. The van der Waals surface area contributed by atoms with E-state index in [-0.39, 0.29) is 5.91 Å². The fraction of sp³-hybridized carbons (Fsp3) is 0.429. The Morgan fingerprint density at radius 2 is 2.29 bits per heavy atom. The van der Waals surface area contributed by atoms with E-state index in [9.17, 15) is 4.79 Å². The number of nitrogens with zero attached hydrogens (tertiary/aromatic N) is 4. The molecule has 1 atom stereocenters. The summed E-state index contributed by atoms with van der Waals surface area (Å²) in [5.74, 6) is -0.166. The fourth-order valence-corrected chi connectivity index (χ4v) is 1.95. The van der Waals surface area contributed by atoms with Crippen LogP contribution in [0.4, 0.5) is 5.69 Å². The number of tetrazole rings is 1. The van der Waals surface area contributed by atoms with Gasteiger partial charge in [-0.2, -0.15) is 0 Å². The Kier molecular flexibility index (Phi) is 4.99. The molecule has 0 aliphatic carbocycles. The lowest BCUT2D eigenvalue weighted by molar-refractivity contribution is -0.117. The number of nitrogens with one attached hydrogen (secondary N) is 1. The highest BCUT2D eigenvalue weighted by atomic mass is 16.2. The van der Waals surface area contributed by atoms with Crippen molar-refractivity contribution in [2.45, 2.75) is 39.2 Å². The first-order valence-corrected chi connectivity index (χ1v) is 7.02. The molecule has 0 saturated carbocycles. The Balaban J connectivity index is 2.12. The summed E-state index contributed by atoms with van der Waals surface area (Å²) < 4.78 is 1.53. The molecule has 2 rings (SSSR count). The summed E-state index contributed by atoms with van der Waals surface area (Å²) in [6.45, 7) is 4.00. The number of hydrogen-bond donors (Lipinski definition) is 2. The number of unbranched alkanes of at least 4 members (excludes halogenated alkanes) is 1. The summed E-state index contributed by atoms with van der Waals surface area (Å²) in [6, 6.07) is 5.14. The number of carbonyl (C=O) groups is 1. The molecule has 7 heteroatoms. The van der Waals surface area contributed by atoms with Crippen molar-refractivity contribution >= 4 is 11.6 Å². The van der Waals surface area contributed by atoms with Crippen LogP contribution in [0.3, 0.4) is 0 Å². The minimum absolute atomic E-state index is 0.166. The highest BCUT2D eigenvalue weighted by molar-refractivity contribution is 5.95. The molecule has 0 aliphatic rings. The van der Waals surface area contributed by atoms with Crippen LogP contribution in [0.15, 0.2) is 24.5 Å². The third-order valence-electron chi connectivity index (χ3n) is 3.30. The topological polar surface area (TPSA) is 98.7 Å². The Bertz CT molecular complexity index is 596. The molecule has 0 spiro atoms. The molecular weight excluding hydrogens is 268 g/mol. The maximum atomic E-state index is 12.1. The van der Waals surface area contributed by atoms with Crippen LogP contribution in [0.5, 0.6) is 0 Å². The molecule has 1 amide bonds. The number of nitrogens with two attached hydrogens (primary N) is 1. The van der Waals surface area contributed by atoms with Gasteiger partial charge in [0.15, 0.2) is 0 Å². The molecule has 0 fully saturated rings. The van der Waals surface area contributed by atoms with Crippen molar-refractivity contribution in [3.8, 4) is 5.69 Å². The molecule has 21 heavy (non-hydrogen) atoms. The van der Waals surface area contributed by atoms with Gasteiger partial charge in [-0.1, -0.05) is 25.8 Å². The van der Waals surface area contributed by atoms with E-state index in [0.717, 1.165) is 29.8 Å². The first-order valence-electron chi connectivity index (χ1n) is 7.02. The highest BCUT2D eigenvalue weighted by Gasteiger charge is 2.14. The second-order valence-electron chi connectivity index (χ2n) is 4.99. The standard InChI is InChI=1S/C14H20N6O/c1-3-4-5-12(15)14(21)17-13-8-11(7-6-10(13)2)20-9-16-18-19-20/h6-9,12H,3-5,15H2,1-2H3,(H,17,21)/t12-/m0/s1. The first kappa shape index (κ1) is 15.1. The lowest BCUT2D eigenvalue weighted by Gasteiger charge is -2.14. The van der Waals surface area contributed by atoms with E-state index in [2.05, 4.69) is 27.8 Å². The lowest BCUT2D eigenvalue weighted by Crippen LogP contribution is -2.35. The summed E-state index contributed by atoms with van der Waals surface area (Å²) in [4.78, 5) is 12.1. The van der Waals surface area contributed by atoms with E-state index in [4.69, 9.17) is 5.73 Å². The molecule has 7 nitrogen and oxygen atoms in total. The van der Waals surface area contributed by atoms with Gasteiger partial charge in [-0.25, -0.2) is 4.68 Å². The van der Waals surface area contributed by atoms with E-state index < -0.39 is 6.04 Å². The normalized spacial score (nSPS) is 12.1. The SMILES string of the molecule is CCCC[C@H](N)C(=O)Nc1cc(-n2cnnn2)ccc1C. The number of aryl methyl sites for hydroxylation is 1. The van der Waals surface area contributed by atoms with Gasteiger partial charge in [-0.15, -0.1) is 5.10 Å². The lowest BCUT2D eigenvalue weighted by atomic mass is 10.1. The Hall–Kier alpha value is -2.28. The Labute approximate surface area is 123 Å². The van der Waals surface area contributed by atoms with E-state index in [1.807, 2.05) is 25.1 Å². The minimum atomic E-state index is -0.485. The summed E-state index contributed by atoms with van der Waals surface area (Å²) >= 11 is 0. The van der Waals surface area contributed by atoms with Crippen LogP contribution < -0.4 is 11.1 Å². The maximum Gasteiger partial charge on any atom is 0.241 e. The molecule has 0 aliphatic heterocycles. The molecule has 1 aromatic carbocycles. The molecule has 3 N–H and O–H groups in total. The number of carbonyl (C=O) groups excluding carboxylic acids is 1. The van der Waals surface area contributed by atoms with E-state index >= 15 is 0 Å². The van der Waals surface area contributed by atoms with E-state index in [0.29, 0.717) is 6.42 Å². The zero-order valence-corrected chi connectivity index (χ0v) is 12.3. The van der Waals surface area contributed by atoms with Gasteiger partial charge in [0.2, 0.25) is 5.91 Å². The van der Waals surface area contributed by atoms with Gasteiger partial charge in [0, 0.05) is 5.69 Å². The summed E-state index contributed by atoms with van der Waals surface area (Å²) in [6.07, 6.45) is 4.16. The van der Waals surface area contributed by atoms with Crippen LogP contribution >= 0.6 is 0 Å². The second kappa shape index (κ2) is 6.94. The quantitative estimate of drug-likeness (QED) is 0.837. The van der Waals surface area contributed by atoms with Crippen molar-refractivity contribution in [2.24, 2.45) is 5.73 Å². The monoisotopic (exact) mass is 288 g/mol. The van der Waals surface area contributed by atoms with Gasteiger partial charge in [-0.05, 0) is 41.5 Å². The number of hydrogen-bond acceptors (Lipinski definition) is 5. The number of aromatic nitrogens is 4. The van der Waals surface area contributed by atoms with Gasteiger partial charge in [-0.3, -0.25) is 4.79 Å². The largest absolute Gasteiger partial charge is 0.324 e. The average Bonchev–Trinajstić information content (AvgIpc) is 3.01. The fourth-order valence-electron chi connectivity index (χ4n) is 1.95. The van der Waals surface area contributed by atoms with Crippen LogP contribution in [0, 0.1) is 6.92 Å². The predicted molar refractivity (Wildman–Crippen MR) is 80.0 cm³/mol. The summed E-state index contributed by atoms with van der Waals surface area (Å²) in [5.41, 5.74) is 8.35. The van der Waals surface area contributed by atoms with Gasteiger partial charge in [0.05, 0.1) is 11.7 Å². The molecule has 1 heterocycles. The molecule has 2 aromatic rings. The van der Waals surface area contributed by atoms with Crippen molar-refractivity contribution in [2.75, 3.05) is 5.32 Å². The average molecular weight is 288 g/mol. The number of amides is 1. The molecule has 1 aromatic heterocycles. The smallest absolute Gasteiger partial charge is 0.241 e. The van der Waals surface area contributed by atoms with Crippen LogP contribution in [0.2, 0.25) is 0 Å². The number of anilines is 1. The Morgan fingerprint density at radius 3 is 2.95 bits per heavy atom. The zero-order valence-electron chi connectivity index (χ0n) is 12.3. The third kappa shape index (κ3) is 3.85. The molecule has 112 valence electrons. The zero-order chi connectivity index (χ0) is 15.2. The molecular formula is C14H20N6O. The summed E-state index contributed by atoms with van der Waals surface area (Å²) in [7, 11) is 0. The maximum absolute atomic E-state index is 12.1. The van der Waals surface area contributed by atoms with Crippen molar-refractivity contribution in [1.82, 2.24) is 20.2 Å². The molecule has 0 radical (unpaired) electrons. The second-order valence-corrected chi connectivity index (χ2v) is 4.99. The number of rotatable bonds is 6. The van der Waals surface area contributed by atoms with Crippen molar-refractivity contribution in [3.63, 3.8) is 0 Å². The van der Waals surface area contributed by atoms with Crippen LogP contribution in [0.25, 0.3) is 5.69 Å². The third-order valence-corrected chi connectivity index (χ3v) is 3.30. The van der Waals surface area contributed by atoms with Crippen molar-refractivity contribution < 1.29 is 4.79 Å². The number of benzene rings is 1. The van der Waals surface area contributed by atoms with Gasteiger partial charge in [0.1, 0.15) is 6.33 Å². The van der Waals surface area contributed by atoms with Gasteiger partial charge >= 0.3 is 0 Å². The minimum Gasteiger partial charge on any atom is -0.324 e. The molecule has 0 unspecified atom stereocenters. The first-order chi connectivity index (χ1) is 10.1. The van der Waals surface area contributed by atoms with Crippen molar-refractivity contribution in [1.29, 1.82) is 0 Å².